The number of aromatic hydroxyl groups is 1. The van der Waals surface area contributed by atoms with Crippen LogP contribution in [-0.2, 0) is 10.0 Å². The average molecular weight is 403 g/mol. The number of hydrogen-bond acceptors (Lipinski definition) is 10. The molecule has 0 amide bonds. The van der Waals surface area contributed by atoms with E-state index in [9.17, 15) is 13.5 Å². The number of anilines is 1. The normalized spacial score (nSPS) is 12.2. The number of benzene rings is 2. The lowest BCUT2D eigenvalue weighted by Crippen LogP contribution is -2.12. The molecule has 0 saturated heterocycles. The van der Waals surface area contributed by atoms with Crippen LogP contribution in [0.15, 0.2) is 73.3 Å². The summed E-state index contributed by atoms with van der Waals surface area (Å²) in [5.41, 5.74) is 6.30. The first-order valence-electron chi connectivity index (χ1n) is 7.32. The number of nitrogen functional groups attached to an aromatic ring is 1. The molecule has 0 aliphatic heterocycles. The SMILES string of the molecule is Nc1cc(O)c(N=Nc2ccccc2S(N)(=O)=O)cc1N=Nc1nccs1. The third-order valence-corrected chi connectivity index (χ3v) is 4.84. The molecule has 27 heavy (non-hydrogen) atoms. The van der Waals surface area contributed by atoms with Gasteiger partial charge in [0, 0.05) is 17.6 Å². The molecular weight excluding hydrogens is 390 g/mol. The second-order valence-electron chi connectivity index (χ2n) is 5.13. The molecule has 138 valence electrons. The molecule has 5 N–H and O–H groups in total. The van der Waals surface area contributed by atoms with Crippen LogP contribution < -0.4 is 10.9 Å². The van der Waals surface area contributed by atoms with Crippen molar-refractivity contribution in [2.45, 2.75) is 4.90 Å². The van der Waals surface area contributed by atoms with Crippen molar-refractivity contribution in [1.82, 2.24) is 4.98 Å². The van der Waals surface area contributed by atoms with Crippen molar-refractivity contribution >= 4 is 49.2 Å². The number of thiazole rings is 1. The number of primary sulfonamides is 1. The van der Waals surface area contributed by atoms with Crippen LogP contribution in [0, 0.1) is 0 Å². The summed E-state index contributed by atoms with van der Waals surface area (Å²) < 4.78 is 23.2. The van der Waals surface area contributed by atoms with Gasteiger partial charge in [0.25, 0.3) is 0 Å². The van der Waals surface area contributed by atoms with Crippen molar-refractivity contribution in [2.75, 3.05) is 5.73 Å². The molecule has 3 rings (SSSR count). The van der Waals surface area contributed by atoms with Gasteiger partial charge in [-0.15, -0.1) is 31.8 Å². The fraction of sp³-hybridized carbons (Fsp3) is 0. The van der Waals surface area contributed by atoms with Crippen LogP contribution >= 0.6 is 11.3 Å². The maximum atomic E-state index is 11.6. The number of nitrogens with zero attached hydrogens (tertiary/aromatic N) is 5. The molecule has 2 aromatic carbocycles. The molecule has 0 aliphatic rings. The highest BCUT2D eigenvalue weighted by atomic mass is 32.2. The molecule has 0 unspecified atom stereocenters. The fourth-order valence-corrected chi connectivity index (χ4v) is 3.12. The molecule has 0 bridgehead atoms. The summed E-state index contributed by atoms with van der Waals surface area (Å²) in [4.78, 5) is 3.78. The third kappa shape index (κ3) is 4.49. The number of azo groups is 2. The van der Waals surface area contributed by atoms with Gasteiger partial charge in [0.2, 0.25) is 15.2 Å². The monoisotopic (exact) mass is 403 g/mol. The zero-order valence-corrected chi connectivity index (χ0v) is 15.2. The predicted molar refractivity (Wildman–Crippen MR) is 101 cm³/mol. The molecule has 0 aliphatic carbocycles. The smallest absolute Gasteiger partial charge is 0.240 e. The van der Waals surface area contributed by atoms with E-state index in [-0.39, 0.29) is 33.4 Å². The van der Waals surface area contributed by atoms with Crippen molar-refractivity contribution in [1.29, 1.82) is 0 Å². The topological polar surface area (TPSA) is 169 Å². The van der Waals surface area contributed by atoms with E-state index < -0.39 is 10.0 Å². The standard InChI is InChI=1S/C15H13N7O3S2/c16-9-7-13(23)12(8-11(9)20-22-15-18-5-6-26-15)21-19-10-3-1-2-4-14(10)27(17,24)25/h1-8,23H,16H2,(H2,17,24,25). The summed E-state index contributed by atoms with van der Waals surface area (Å²) >= 11 is 1.29. The van der Waals surface area contributed by atoms with E-state index in [2.05, 4.69) is 25.4 Å². The number of phenols is 1. The number of phenolic OH excluding ortho intramolecular Hbond substituents is 1. The van der Waals surface area contributed by atoms with Gasteiger partial charge in [0.1, 0.15) is 27.7 Å². The highest BCUT2D eigenvalue weighted by Gasteiger charge is 2.13. The summed E-state index contributed by atoms with van der Waals surface area (Å²) in [6, 6.07) is 8.44. The highest BCUT2D eigenvalue weighted by molar-refractivity contribution is 7.89. The number of hydrogen-bond donors (Lipinski definition) is 3. The lowest BCUT2D eigenvalue weighted by Gasteiger charge is -2.04. The maximum absolute atomic E-state index is 11.6. The van der Waals surface area contributed by atoms with E-state index in [1.54, 1.807) is 17.6 Å². The second-order valence-corrected chi connectivity index (χ2v) is 7.53. The van der Waals surface area contributed by atoms with E-state index in [0.29, 0.717) is 5.13 Å². The molecule has 0 atom stereocenters. The minimum Gasteiger partial charge on any atom is -0.506 e. The number of sulfonamides is 1. The largest absolute Gasteiger partial charge is 0.506 e. The van der Waals surface area contributed by atoms with Crippen LogP contribution in [0.3, 0.4) is 0 Å². The van der Waals surface area contributed by atoms with Crippen LogP contribution in [0.4, 0.5) is 27.9 Å². The van der Waals surface area contributed by atoms with Crippen LogP contribution in [0.2, 0.25) is 0 Å². The van der Waals surface area contributed by atoms with Crippen molar-refractivity contribution in [3.8, 4) is 5.75 Å². The fourth-order valence-electron chi connectivity index (χ4n) is 2.00. The number of nitrogens with two attached hydrogens (primary N) is 2. The molecule has 1 aromatic heterocycles. The van der Waals surface area contributed by atoms with E-state index in [1.807, 2.05) is 0 Å². The Hall–Kier alpha value is -3.22. The van der Waals surface area contributed by atoms with Crippen molar-refractivity contribution in [2.24, 2.45) is 25.6 Å². The van der Waals surface area contributed by atoms with Crippen LogP contribution in [0.25, 0.3) is 0 Å². The zero-order chi connectivity index (χ0) is 19.4. The molecule has 10 nitrogen and oxygen atoms in total. The molecule has 0 fully saturated rings. The summed E-state index contributed by atoms with van der Waals surface area (Å²) in [5.74, 6) is -0.252. The lowest BCUT2D eigenvalue weighted by molar-refractivity contribution is 0.476. The second kappa shape index (κ2) is 7.57. The van der Waals surface area contributed by atoms with E-state index in [1.165, 1.54) is 41.7 Å². The summed E-state index contributed by atoms with van der Waals surface area (Å²) in [7, 11) is -3.97. The Bertz CT molecular complexity index is 1130. The molecule has 0 radical (unpaired) electrons. The van der Waals surface area contributed by atoms with Gasteiger partial charge in [-0.1, -0.05) is 12.1 Å². The van der Waals surface area contributed by atoms with Gasteiger partial charge in [-0.05, 0) is 18.2 Å². The van der Waals surface area contributed by atoms with Gasteiger partial charge in [0.15, 0.2) is 0 Å². The van der Waals surface area contributed by atoms with Gasteiger partial charge < -0.3 is 10.8 Å². The predicted octanol–water partition coefficient (Wildman–Crippen LogP) is 3.91. The summed E-state index contributed by atoms with van der Waals surface area (Å²) in [6.45, 7) is 0. The Morgan fingerprint density at radius 1 is 1.00 bits per heavy atom. The maximum Gasteiger partial charge on any atom is 0.240 e. The number of rotatable bonds is 5. The van der Waals surface area contributed by atoms with Crippen LogP contribution in [0.1, 0.15) is 0 Å². The average Bonchev–Trinajstić information content (AvgIpc) is 3.13. The van der Waals surface area contributed by atoms with E-state index in [0.717, 1.165) is 0 Å². The molecule has 0 spiro atoms. The van der Waals surface area contributed by atoms with Crippen LogP contribution in [0.5, 0.6) is 5.75 Å². The quantitative estimate of drug-likeness (QED) is 0.432. The highest BCUT2D eigenvalue weighted by Crippen LogP contribution is 2.38. The van der Waals surface area contributed by atoms with E-state index in [4.69, 9.17) is 10.9 Å². The molecule has 1 heterocycles. The Morgan fingerprint density at radius 2 is 1.70 bits per heavy atom. The van der Waals surface area contributed by atoms with Crippen molar-refractivity contribution in [3.63, 3.8) is 0 Å². The Balaban J connectivity index is 1.96. The first kappa shape index (κ1) is 18.6. The van der Waals surface area contributed by atoms with Crippen LogP contribution in [-0.4, -0.2) is 18.5 Å². The van der Waals surface area contributed by atoms with Gasteiger partial charge in [0.05, 0.1) is 5.69 Å². The molecule has 0 saturated carbocycles. The Morgan fingerprint density at radius 3 is 2.41 bits per heavy atom. The molecule has 12 heteroatoms. The van der Waals surface area contributed by atoms with Gasteiger partial charge in [-0.25, -0.2) is 18.5 Å². The van der Waals surface area contributed by atoms with Gasteiger partial charge >= 0.3 is 0 Å². The summed E-state index contributed by atoms with van der Waals surface area (Å²) in [5, 5.41) is 33.0. The summed E-state index contributed by atoms with van der Waals surface area (Å²) in [6.07, 6.45) is 1.59. The first-order chi connectivity index (χ1) is 12.8. The zero-order valence-electron chi connectivity index (χ0n) is 13.6. The van der Waals surface area contributed by atoms with E-state index >= 15 is 0 Å². The third-order valence-electron chi connectivity index (χ3n) is 3.22. The Labute approximate surface area is 158 Å². The molecule has 3 aromatic rings. The van der Waals surface area contributed by atoms with Crippen molar-refractivity contribution < 1.29 is 13.5 Å². The minimum atomic E-state index is -3.97. The van der Waals surface area contributed by atoms with Crippen molar-refractivity contribution in [3.05, 3.63) is 48.0 Å². The van der Waals surface area contributed by atoms with Gasteiger partial charge in [-0.3, -0.25) is 0 Å². The first-order valence-corrected chi connectivity index (χ1v) is 9.74. The Kier molecular flexibility index (Phi) is 5.21. The molecular formula is C15H13N7O3S2. The lowest BCUT2D eigenvalue weighted by atomic mass is 10.2. The minimum absolute atomic E-state index is 0.0292. The number of aromatic nitrogens is 1. The van der Waals surface area contributed by atoms with Gasteiger partial charge in [-0.2, -0.15) is 0 Å².